The molecule has 0 aromatic heterocycles. The molecule has 0 saturated carbocycles. The number of carbonyl (C=O) groups is 1. The van der Waals surface area contributed by atoms with Crippen LogP contribution in [-0.2, 0) is 4.79 Å². The average Bonchev–Trinajstić information content (AvgIpc) is 2.42. The first-order valence-electron chi connectivity index (χ1n) is 7.40. The van der Waals surface area contributed by atoms with Crippen molar-refractivity contribution < 1.29 is 4.79 Å². The second kappa shape index (κ2) is 9.74. The minimum Gasteiger partial charge on any atom is -0.332 e. The molecule has 0 saturated heterocycles. The standard InChI is InChI=1S/C16H23ClN2OS/c1-3-4-5-6-7-8-15(20)19-16(21)18-14-11-13(17)10-9-12(14)2/h9-11H,3-8H2,1-2H3,(H2,18,19,20,21). The molecule has 0 aliphatic rings. The number of anilines is 1. The molecule has 1 aromatic carbocycles. The fourth-order valence-corrected chi connectivity index (χ4v) is 2.36. The minimum atomic E-state index is -0.0383. The highest BCUT2D eigenvalue weighted by atomic mass is 35.5. The van der Waals surface area contributed by atoms with Crippen molar-refractivity contribution in [2.24, 2.45) is 0 Å². The number of halogens is 1. The molecular weight excluding hydrogens is 304 g/mol. The van der Waals surface area contributed by atoms with Crippen LogP contribution in [0.3, 0.4) is 0 Å². The van der Waals surface area contributed by atoms with Crippen LogP contribution in [-0.4, -0.2) is 11.0 Å². The maximum Gasteiger partial charge on any atom is 0.226 e. The van der Waals surface area contributed by atoms with E-state index < -0.39 is 0 Å². The number of thiocarbonyl (C=S) groups is 1. The van der Waals surface area contributed by atoms with Gasteiger partial charge in [-0.15, -0.1) is 0 Å². The fraction of sp³-hybridized carbons (Fsp3) is 0.500. The zero-order valence-electron chi connectivity index (χ0n) is 12.7. The Bertz CT molecular complexity index is 491. The molecule has 0 spiro atoms. The molecule has 2 N–H and O–H groups in total. The maximum atomic E-state index is 11.8. The van der Waals surface area contributed by atoms with Gasteiger partial charge in [0.05, 0.1) is 0 Å². The summed E-state index contributed by atoms with van der Waals surface area (Å²) in [4.78, 5) is 11.8. The number of rotatable bonds is 7. The van der Waals surface area contributed by atoms with Gasteiger partial charge in [0.15, 0.2) is 5.11 Å². The second-order valence-electron chi connectivity index (χ2n) is 5.13. The third kappa shape index (κ3) is 7.44. The van der Waals surface area contributed by atoms with Gasteiger partial charge in [0.2, 0.25) is 5.91 Å². The van der Waals surface area contributed by atoms with Crippen LogP contribution in [0.4, 0.5) is 5.69 Å². The molecule has 0 unspecified atom stereocenters. The summed E-state index contributed by atoms with van der Waals surface area (Å²) in [6.45, 7) is 4.13. The number of aryl methyl sites for hydroxylation is 1. The molecule has 3 nitrogen and oxygen atoms in total. The summed E-state index contributed by atoms with van der Waals surface area (Å²) in [6.07, 6.45) is 6.14. The van der Waals surface area contributed by atoms with E-state index in [1.165, 1.54) is 19.3 Å². The molecule has 1 amide bonds. The van der Waals surface area contributed by atoms with E-state index in [9.17, 15) is 4.79 Å². The van der Waals surface area contributed by atoms with Crippen molar-refractivity contribution in [3.63, 3.8) is 0 Å². The normalized spacial score (nSPS) is 10.2. The van der Waals surface area contributed by atoms with Crippen LogP contribution in [0.1, 0.15) is 51.0 Å². The van der Waals surface area contributed by atoms with Gasteiger partial charge in [0.1, 0.15) is 0 Å². The third-order valence-electron chi connectivity index (χ3n) is 3.21. The molecule has 21 heavy (non-hydrogen) atoms. The fourth-order valence-electron chi connectivity index (χ4n) is 1.96. The van der Waals surface area contributed by atoms with Crippen molar-refractivity contribution in [1.29, 1.82) is 0 Å². The van der Waals surface area contributed by atoms with Crippen molar-refractivity contribution in [3.05, 3.63) is 28.8 Å². The van der Waals surface area contributed by atoms with E-state index in [1.807, 2.05) is 19.1 Å². The van der Waals surface area contributed by atoms with Gasteiger partial charge in [0, 0.05) is 17.1 Å². The molecule has 0 heterocycles. The molecule has 5 heteroatoms. The molecule has 0 fully saturated rings. The molecule has 0 bridgehead atoms. The van der Waals surface area contributed by atoms with Gasteiger partial charge in [-0.1, -0.05) is 50.3 Å². The monoisotopic (exact) mass is 326 g/mol. The van der Waals surface area contributed by atoms with Gasteiger partial charge in [-0.25, -0.2) is 0 Å². The Hall–Kier alpha value is -1.13. The largest absolute Gasteiger partial charge is 0.332 e. The Balaban J connectivity index is 2.32. The molecule has 0 radical (unpaired) electrons. The lowest BCUT2D eigenvalue weighted by Gasteiger charge is -2.12. The summed E-state index contributed by atoms with van der Waals surface area (Å²) in [5, 5.41) is 6.66. The van der Waals surface area contributed by atoms with E-state index in [0.29, 0.717) is 16.6 Å². The third-order valence-corrected chi connectivity index (χ3v) is 3.65. The van der Waals surface area contributed by atoms with Crippen molar-refractivity contribution in [2.45, 2.75) is 52.4 Å². The van der Waals surface area contributed by atoms with Gasteiger partial charge in [-0.2, -0.15) is 0 Å². The molecular formula is C16H23ClN2OS. The van der Waals surface area contributed by atoms with Crippen LogP contribution in [0.5, 0.6) is 0 Å². The van der Waals surface area contributed by atoms with Crippen LogP contribution in [0, 0.1) is 6.92 Å². The SMILES string of the molecule is CCCCCCCC(=O)NC(=S)Nc1cc(Cl)ccc1C. The average molecular weight is 327 g/mol. The zero-order valence-corrected chi connectivity index (χ0v) is 14.2. The second-order valence-corrected chi connectivity index (χ2v) is 5.97. The summed E-state index contributed by atoms with van der Waals surface area (Å²) >= 11 is 11.1. The summed E-state index contributed by atoms with van der Waals surface area (Å²) in [7, 11) is 0. The summed E-state index contributed by atoms with van der Waals surface area (Å²) in [5.74, 6) is -0.0383. The Morgan fingerprint density at radius 1 is 1.24 bits per heavy atom. The Labute approximate surface area is 137 Å². The first-order valence-corrected chi connectivity index (χ1v) is 8.18. The first kappa shape index (κ1) is 17.9. The van der Waals surface area contributed by atoms with Crippen molar-refractivity contribution in [3.8, 4) is 0 Å². The predicted molar refractivity (Wildman–Crippen MR) is 93.9 cm³/mol. The highest BCUT2D eigenvalue weighted by molar-refractivity contribution is 7.80. The molecule has 1 aromatic rings. The number of unbranched alkanes of at least 4 members (excludes halogenated alkanes) is 4. The van der Waals surface area contributed by atoms with Crippen LogP contribution >= 0.6 is 23.8 Å². The topological polar surface area (TPSA) is 41.1 Å². The molecule has 0 aliphatic carbocycles. The number of hydrogen-bond acceptors (Lipinski definition) is 2. The highest BCUT2D eigenvalue weighted by Gasteiger charge is 2.06. The summed E-state index contributed by atoms with van der Waals surface area (Å²) in [6, 6.07) is 5.52. The molecule has 116 valence electrons. The van der Waals surface area contributed by atoms with E-state index in [2.05, 4.69) is 17.6 Å². The maximum absolute atomic E-state index is 11.8. The summed E-state index contributed by atoms with van der Waals surface area (Å²) < 4.78 is 0. The lowest BCUT2D eigenvalue weighted by atomic mass is 10.1. The van der Waals surface area contributed by atoms with Gasteiger partial charge in [0.25, 0.3) is 0 Å². The van der Waals surface area contributed by atoms with E-state index >= 15 is 0 Å². The van der Waals surface area contributed by atoms with Gasteiger partial charge in [-0.3, -0.25) is 4.79 Å². The van der Waals surface area contributed by atoms with Crippen molar-refractivity contribution >= 4 is 40.5 Å². The first-order chi connectivity index (χ1) is 10.0. The Morgan fingerprint density at radius 3 is 2.67 bits per heavy atom. The van der Waals surface area contributed by atoms with E-state index in [0.717, 1.165) is 24.1 Å². The van der Waals surface area contributed by atoms with E-state index in [1.54, 1.807) is 6.07 Å². The number of carbonyl (C=O) groups excluding carboxylic acids is 1. The van der Waals surface area contributed by atoms with Crippen LogP contribution in [0.15, 0.2) is 18.2 Å². The molecule has 0 atom stereocenters. The number of amides is 1. The minimum absolute atomic E-state index is 0.0383. The Morgan fingerprint density at radius 2 is 1.95 bits per heavy atom. The summed E-state index contributed by atoms with van der Waals surface area (Å²) in [5.41, 5.74) is 1.84. The zero-order chi connectivity index (χ0) is 15.7. The predicted octanol–water partition coefficient (Wildman–Crippen LogP) is 4.82. The quantitative estimate of drug-likeness (QED) is 0.557. The van der Waals surface area contributed by atoms with Crippen molar-refractivity contribution in [1.82, 2.24) is 5.32 Å². The highest BCUT2D eigenvalue weighted by Crippen LogP contribution is 2.19. The Kier molecular flexibility index (Phi) is 8.31. The van der Waals surface area contributed by atoms with E-state index in [-0.39, 0.29) is 5.91 Å². The van der Waals surface area contributed by atoms with Crippen LogP contribution < -0.4 is 10.6 Å². The van der Waals surface area contributed by atoms with Crippen LogP contribution in [0.2, 0.25) is 5.02 Å². The number of nitrogens with one attached hydrogen (secondary N) is 2. The van der Waals surface area contributed by atoms with Gasteiger partial charge in [-0.05, 0) is 43.3 Å². The lowest BCUT2D eigenvalue weighted by Crippen LogP contribution is -2.34. The van der Waals surface area contributed by atoms with Gasteiger partial charge >= 0.3 is 0 Å². The smallest absolute Gasteiger partial charge is 0.226 e. The van der Waals surface area contributed by atoms with Crippen LogP contribution in [0.25, 0.3) is 0 Å². The lowest BCUT2D eigenvalue weighted by molar-refractivity contribution is -0.119. The van der Waals surface area contributed by atoms with Gasteiger partial charge < -0.3 is 10.6 Å². The van der Waals surface area contributed by atoms with E-state index in [4.69, 9.17) is 23.8 Å². The number of hydrogen-bond donors (Lipinski definition) is 2. The molecule has 1 rings (SSSR count). The molecule has 0 aliphatic heterocycles. The number of benzene rings is 1. The van der Waals surface area contributed by atoms with Crippen molar-refractivity contribution in [2.75, 3.05) is 5.32 Å².